The molecule has 14 heavy (non-hydrogen) atoms. The average molecular weight is 254 g/mol. The van der Waals surface area contributed by atoms with E-state index in [4.69, 9.17) is 4.42 Å². The summed E-state index contributed by atoms with van der Waals surface area (Å²) in [5, 5.41) is 0.510. The van der Waals surface area contributed by atoms with E-state index in [-0.39, 0.29) is 5.63 Å². The average Bonchev–Trinajstić information content (AvgIpc) is 2.10. The Kier molecular flexibility index (Phi) is 2.15. The molecule has 0 aliphatic heterocycles. The number of aromatic nitrogens is 1. The minimum Gasteiger partial charge on any atom is -0.408 e. The van der Waals surface area contributed by atoms with Crippen LogP contribution in [0.5, 0.6) is 0 Å². The lowest BCUT2D eigenvalue weighted by atomic mass is 10.2. The van der Waals surface area contributed by atoms with Gasteiger partial charge in [0.2, 0.25) is 0 Å². The van der Waals surface area contributed by atoms with Crippen LogP contribution in [0.2, 0.25) is 0 Å². The second-order valence-electron chi connectivity index (χ2n) is 3.11. The molecule has 0 saturated heterocycles. The van der Waals surface area contributed by atoms with E-state index in [1.165, 1.54) is 0 Å². The van der Waals surface area contributed by atoms with Crippen molar-refractivity contribution in [1.29, 1.82) is 0 Å². The van der Waals surface area contributed by atoms with Crippen LogP contribution >= 0.6 is 15.9 Å². The van der Waals surface area contributed by atoms with Crippen molar-refractivity contribution in [1.82, 2.24) is 4.98 Å². The molecule has 1 aromatic heterocycles. The van der Waals surface area contributed by atoms with E-state index in [0.717, 1.165) is 10.0 Å². The summed E-state index contributed by atoms with van der Waals surface area (Å²) in [5.74, 6) is 0.387. The van der Waals surface area contributed by atoms with E-state index in [0.29, 0.717) is 16.8 Å². The molecule has 1 heterocycles. The van der Waals surface area contributed by atoms with E-state index in [9.17, 15) is 4.79 Å². The first-order valence-electron chi connectivity index (χ1n) is 4.16. The SMILES string of the molecule is Cc1nc2ccc(C)c(Br)c2c(=O)o1. The number of halogens is 1. The summed E-state index contributed by atoms with van der Waals surface area (Å²) >= 11 is 3.36. The highest BCUT2D eigenvalue weighted by Gasteiger charge is 2.08. The van der Waals surface area contributed by atoms with Crippen LogP contribution in [-0.4, -0.2) is 4.98 Å². The molecule has 0 atom stereocenters. The molecule has 2 aromatic rings. The third-order valence-electron chi connectivity index (χ3n) is 2.04. The molecule has 1 aromatic carbocycles. The van der Waals surface area contributed by atoms with Crippen LogP contribution in [-0.2, 0) is 0 Å². The molecule has 0 N–H and O–H groups in total. The summed E-state index contributed by atoms with van der Waals surface area (Å²) in [4.78, 5) is 15.7. The Morgan fingerprint density at radius 3 is 2.79 bits per heavy atom. The highest BCUT2D eigenvalue weighted by Crippen LogP contribution is 2.23. The van der Waals surface area contributed by atoms with Crippen molar-refractivity contribution in [3.8, 4) is 0 Å². The monoisotopic (exact) mass is 253 g/mol. The lowest BCUT2D eigenvalue weighted by molar-refractivity contribution is 0.467. The first kappa shape index (κ1) is 9.40. The fourth-order valence-corrected chi connectivity index (χ4v) is 1.83. The molecule has 0 radical (unpaired) electrons. The molecule has 72 valence electrons. The molecule has 0 aliphatic rings. The van der Waals surface area contributed by atoms with Gasteiger partial charge in [-0.2, -0.15) is 0 Å². The van der Waals surface area contributed by atoms with Gasteiger partial charge in [0.05, 0.1) is 5.52 Å². The minimum absolute atomic E-state index is 0.344. The van der Waals surface area contributed by atoms with Crippen molar-refractivity contribution in [2.75, 3.05) is 0 Å². The van der Waals surface area contributed by atoms with Crippen LogP contribution in [0.15, 0.2) is 25.8 Å². The Morgan fingerprint density at radius 1 is 1.36 bits per heavy atom. The van der Waals surface area contributed by atoms with Gasteiger partial charge >= 0.3 is 5.63 Å². The quantitative estimate of drug-likeness (QED) is 0.725. The largest absolute Gasteiger partial charge is 0.408 e. The molecule has 3 nitrogen and oxygen atoms in total. The molecule has 0 amide bonds. The van der Waals surface area contributed by atoms with Crippen molar-refractivity contribution in [2.24, 2.45) is 0 Å². The fourth-order valence-electron chi connectivity index (χ4n) is 1.34. The van der Waals surface area contributed by atoms with Crippen molar-refractivity contribution >= 4 is 26.8 Å². The Morgan fingerprint density at radius 2 is 2.07 bits per heavy atom. The summed E-state index contributed by atoms with van der Waals surface area (Å²) in [7, 11) is 0. The van der Waals surface area contributed by atoms with Crippen molar-refractivity contribution in [3.63, 3.8) is 0 Å². The van der Waals surface area contributed by atoms with E-state index < -0.39 is 0 Å². The number of hydrogen-bond acceptors (Lipinski definition) is 3. The fraction of sp³-hybridized carbons (Fsp3) is 0.200. The third kappa shape index (κ3) is 1.35. The molecule has 0 unspecified atom stereocenters. The Hall–Kier alpha value is -1.16. The summed E-state index contributed by atoms with van der Waals surface area (Å²) in [6.45, 7) is 3.58. The van der Waals surface area contributed by atoms with Gasteiger partial charge in [0.15, 0.2) is 5.89 Å². The van der Waals surface area contributed by atoms with Crippen molar-refractivity contribution < 1.29 is 4.42 Å². The highest BCUT2D eigenvalue weighted by molar-refractivity contribution is 9.10. The summed E-state index contributed by atoms with van der Waals surface area (Å²) < 4.78 is 5.69. The van der Waals surface area contributed by atoms with Gasteiger partial charge in [0, 0.05) is 11.4 Å². The second-order valence-corrected chi connectivity index (χ2v) is 3.90. The second kappa shape index (κ2) is 3.20. The molecule has 0 saturated carbocycles. The number of aryl methyl sites for hydroxylation is 2. The normalized spacial score (nSPS) is 10.8. The maximum atomic E-state index is 11.5. The van der Waals surface area contributed by atoms with Gasteiger partial charge in [-0.25, -0.2) is 9.78 Å². The molecule has 0 spiro atoms. The van der Waals surface area contributed by atoms with E-state index in [2.05, 4.69) is 20.9 Å². The maximum absolute atomic E-state index is 11.5. The zero-order valence-corrected chi connectivity index (χ0v) is 9.38. The first-order chi connectivity index (χ1) is 6.59. The predicted molar refractivity (Wildman–Crippen MR) is 57.5 cm³/mol. The zero-order chi connectivity index (χ0) is 10.3. The van der Waals surface area contributed by atoms with Gasteiger partial charge in [-0.15, -0.1) is 0 Å². The van der Waals surface area contributed by atoms with Gasteiger partial charge in [-0.05, 0) is 34.5 Å². The topological polar surface area (TPSA) is 43.1 Å². The van der Waals surface area contributed by atoms with Crippen LogP contribution in [0, 0.1) is 13.8 Å². The number of nitrogens with zero attached hydrogens (tertiary/aromatic N) is 1. The molecule has 4 heteroatoms. The van der Waals surface area contributed by atoms with Gasteiger partial charge in [-0.3, -0.25) is 0 Å². The number of fused-ring (bicyclic) bond motifs is 1. The molecule has 2 rings (SSSR count). The number of rotatable bonds is 0. The maximum Gasteiger partial charge on any atom is 0.347 e. The molecule has 0 bridgehead atoms. The van der Waals surface area contributed by atoms with Gasteiger partial charge in [0.25, 0.3) is 0 Å². The van der Waals surface area contributed by atoms with Gasteiger partial charge < -0.3 is 4.42 Å². The zero-order valence-electron chi connectivity index (χ0n) is 7.80. The van der Waals surface area contributed by atoms with Crippen LogP contribution < -0.4 is 5.63 Å². The van der Waals surface area contributed by atoms with Crippen molar-refractivity contribution in [3.05, 3.63) is 38.5 Å². The smallest absolute Gasteiger partial charge is 0.347 e. The number of hydrogen-bond donors (Lipinski definition) is 0. The standard InChI is InChI=1S/C10H8BrNO2/c1-5-3-4-7-8(9(5)11)10(13)14-6(2)12-7/h3-4H,1-2H3. The Balaban J connectivity index is 3.03. The van der Waals surface area contributed by atoms with Crippen LogP contribution in [0.1, 0.15) is 11.5 Å². The summed E-state index contributed by atoms with van der Waals surface area (Å²) in [5.41, 5.74) is 1.31. The van der Waals surface area contributed by atoms with E-state index >= 15 is 0 Å². The molecule has 0 aliphatic carbocycles. The molecular weight excluding hydrogens is 246 g/mol. The predicted octanol–water partition coefficient (Wildman–Crippen LogP) is 2.57. The summed E-state index contributed by atoms with van der Waals surface area (Å²) in [6, 6.07) is 3.73. The van der Waals surface area contributed by atoms with Crippen molar-refractivity contribution in [2.45, 2.75) is 13.8 Å². The van der Waals surface area contributed by atoms with Crippen LogP contribution in [0.25, 0.3) is 10.9 Å². The Labute approximate surface area is 88.9 Å². The highest BCUT2D eigenvalue weighted by atomic mass is 79.9. The lowest BCUT2D eigenvalue weighted by Crippen LogP contribution is -2.04. The summed E-state index contributed by atoms with van der Waals surface area (Å²) in [6.07, 6.45) is 0. The first-order valence-corrected chi connectivity index (χ1v) is 4.95. The Bertz CT molecular complexity index is 560. The number of benzene rings is 1. The van der Waals surface area contributed by atoms with Gasteiger partial charge in [-0.1, -0.05) is 6.07 Å². The van der Waals surface area contributed by atoms with Crippen LogP contribution in [0.3, 0.4) is 0 Å². The molecular formula is C10H8BrNO2. The lowest BCUT2D eigenvalue weighted by Gasteiger charge is -2.01. The third-order valence-corrected chi connectivity index (χ3v) is 3.06. The van der Waals surface area contributed by atoms with Crippen LogP contribution in [0.4, 0.5) is 0 Å². The van der Waals surface area contributed by atoms with E-state index in [1.807, 2.05) is 19.1 Å². The molecule has 0 fully saturated rings. The minimum atomic E-state index is -0.344. The van der Waals surface area contributed by atoms with Gasteiger partial charge in [0.1, 0.15) is 5.39 Å². The van der Waals surface area contributed by atoms with E-state index in [1.54, 1.807) is 6.92 Å².